The summed E-state index contributed by atoms with van der Waals surface area (Å²) in [5.41, 5.74) is 0.564. The van der Waals surface area contributed by atoms with Crippen LogP contribution in [0.1, 0.15) is 25.7 Å². The molecule has 1 aromatic rings. The molecule has 148 valence electrons. The molecule has 8 nitrogen and oxygen atoms in total. The van der Waals surface area contributed by atoms with Gasteiger partial charge in [0.1, 0.15) is 0 Å². The minimum Gasteiger partial charge on any atom is -0.493 e. The summed E-state index contributed by atoms with van der Waals surface area (Å²) in [4.78, 5) is 26.7. The van der Waals surface area contributed by atoms with Crippen LogP contribution in [0.4, 0.5) is 10.5 Å². The van der Waals surface area contributed by atoms with Crippen LogP contribution >= 0.6 is 0 Å². The monoisotopic (exact) mass is 377 g/mol. The Balaban J connectivity index is 1.66. The maximum atomic E-state index is 12.7. The molecule has 1 unspecified atom stereocenters. The highest BCUT2D eigenvalue weighted by Crippen LogP contribution is 2.40. The van der Waals surface area contributed by atoms with E-state index in [1.165, 1.54) is 21.3 Å². The van der Waals surface area contributed by atoms with Crippen LogP contribution in [-0.4, -0.2) is 57.3 Å². The number of piperidine rings is 1. The van der Waals surface area contributed by atoms with E-state index in [0.29, 0.717) is 42.1 Å². The highest BCUT2D eigenvalue weighted by atomic mass is 16.5. The lowest BCUT2D eigenvalue weighted by Crippen LogP contribution is -2.48. The van der Waals surface area contributed by atoms with Crippen LogP contribution < -0.4 is 24.8 Å². The summed E-state index contributed by atoms with van der Waals surface area (Å²) in [7, 11) is 4.59. The minimum atomic E-state index is -0.247. The van der Waals surface area contributed by atoms with Gasteiger partial charge >= 0.3 is 6.03 Å². The van der Waals surface area contributed by atoms with Crippen LogP contribution in [0.2, 0.25) is 0 Å². The van der Waals surface area contributed by atoms with Crippen molar-refractivity contribution in [2.45, 2.75) is 31.7 Å². The Bertz CT molecular complexity index is 680. The predicted molar refractivity (Wildman–Crippen MR) is 101 cm³/mol. The second-order valence-corrected chi connectivity index (χ2v) is 6.91. The maximum Gasteiger partial charge on any atom is 0.317 e. The third-order valence-electron chi connectivity index (χ3n) is 4.92. The molecule has 1 atom stereocenters. The molecule has 27 heavy (non-hydrogen) atoms. The van der Waals surface area contributed by atoms with E-state index in [1.807, 2.05) is 0 Å². The second-order valence-electron chi connectivity index (χ2n) is 6.91. The molecule has 1 saturated heterocycles. The molecule has 1 aromatic carbocycles. The van der Waals surface area contributed by atoms with E-state index >= 15 is 0 Å². The molecule has 1 saturated carbocycles. The van der Waals surface area contributed by atoms with Crippen molar-refractivity contribution < 1.29 is 23.8 Å². The van der Waals surface area contributed by atoms with Crippen molar-refractivity contribution >= 4 is 17.6 Å². The predicted octanol–water partition coefficient (Wildman–Crippen LogP) is 2.23. The van der Waals surface area contributed by atoms with Crippen LogP contribution in [0.5, 0.6) is 17.2 Å². The first-order valence-corrected chi connectivity index (χ1v) is 9.22. The average Bonchev–Trinajstić information content (AvgIpc) is 3.51. The molecule has 0 spiro atoms. The maximum absolute atomic E-state index is 12.7. The van der Waals surface area contributed by atoms with Crippen LogP contribution in [0.3, 0.4) is 0 Å². The van der Waals surface area contributed by atoms with Crippen LogP contribution in [0.15, 0.2) is 12.1 Å². The Morgan fingerprint density at radius 2 is 1.70 bits per heavy atom. The summed E-state index contributed by atoms with van der Waals surface area (Å²) >= 11 is 0. The van der Waals surface area contributed by atoms with Crippen LogP contribution in [0.25, 0.3) is 0 Å². The van der Waals surface area contributed by atoms with E-state index < -0.39 is 0 Å². The quantitative estimate of drug-likeness (QED) is 0.794. The molecule has 1 heterocycles. The number of carbonyl (C=O) groups is 2. The topological polar surface area (TPSA) is 89.1 Å². The SMILES string of the molecule is COc1cc(NC(=O)C2CCCN(C(=O)NC3CC3)C2)cc(OC)c1OC. The van der Waals surface area contributed by atoms with Gasteiger partial charge < -0.3 is 29.7 Å². The summed E-state index contributed by atoms with van der Waals surface area (Å²) in [6.07, 6.45) is 3.66. The highest BCUT2D eigenvalue weighted by Gasteiger charge is 2.31. The number of nitrogens with zero attached hydrogens (tertiary/aromatic N) is 1. The molecule has 1 aliphatic carbocycles. The van der Waals surface area contributed by atoms with E-state index in [4.69, 9.17) is 14.2 Å². The summed E-state index contributed by atoms with van der Waals surface area (Å²) in [5, 5.41) is 5.90. The number of hydrogen-bond acceptors (Lipinski definition) is 5. The van der Waals surface area contributed by atoms with Gasteiger partial charge in [0, 0.05) is 37.0 Å². The Kier molecular flexibility index (Phi) is 5.93. The molecule has 3 amide bonds. The largest absolute Gasteiger partial charge is 0.493 e. The standard InChI is InChI=1S/C19H27N3O5/c1-25-15-9-14(10-16(26-2)17(15)27-3)20-18(23)12-5-4-8-22(11-12)19(24)21-13-6-7-13/h9-10,12-13H,4-8,11H2,1-3H3,(H,20,23)(H,21,24). The zero-order chi connectivity index (χ0) is 19.4. The molecule has 2 aliphatic rings. The molecule has 0 bridgehead atoms. The highest BCUT2D eigenvalue weighted by molar-refractivity contribution is 5.94. The summed E-state index contributed by atoms with van der Waals surface area (Å²) in [5.74, 6) is 1.05. The van der Waals surface area contributed by atoms with E-state index in [0.717, 1.165) is 25.7 Å². The second kappa shape index (κ2) is 8.37. The van der Waals surface area contributed by atoms with Crippen molar-refractivity contribution in [2.75, 3.05) is 39.7 Å². The molecule has 8 heteroatoms. The van der Waals surface area contributed by atoms with Crippen LogP contribution in [0, 0.1) is 5.92 Å². The van der Waals surface area contributed by atoms with Crippen molar-refractivity contribution in [1.82, 2.24) is 10.2 Å². The first kappa shape index (κ1) is 19.1. The van der Waals surface area contributed by atoms with E-state index in [-0.39, 0.29) is 17.9 Å². The lowest BCUT2D eigenvalue weighted by molar-refractivity contribution is -0.121. The average molecular weight is 377 g/mol. The molecule has 2 fully saturated rings. The summed E-state index contributed by atoms with van der Waals surface area (Å²) in [6.45, 7) is 1.11. The fraction of sp³-hybridized carbons (Fsp3) is 0.579. The molecular weight excluding hydrogens is 350 g/mol. The third kappa shape index (κ3) is 4.56. The van der Waals surface area contributed by atoms with Gasteiger partial charge in [-0.3, -0.25) is 4.79 Å². The summed E-state index contributed by atoms with van der Waals surface area (Å²) in [6, 6.07) is 3.63. The van der Waals surface area contributed by atoms with Gasteiger partial charge in [-0.05, 0) is 25.7 Å². The van der Waals surface area contributed by atoms with Gasteiger partial charge in [0.05, 0.1) is 27.2 Å². The first-order valence-electron chi connectivity index (χ1n) is 9.22. The number of benzene rings is 1. The molecule has 0 aromatic heterocycles. The smallest absolute Gasteiger partial charge is 0.317 e. The Hall–Kier alpha value is -2.64. The Morgan fingerprint density at radius 3 is 2.26 bits per heavy atom. The number of ether oxygens (including phenoxy) is 3. The number of nitrogens with one attached hydrogen (secondary N) is 2. The van der Waals surface area contributed by atoms with Gasteiger partial charge in [-0.25, -0.2) is 4.79 Å². The van der Waals surface area contributed by atoms with Gasteiger partial charge in [-0.2, -0.15) is 0 Å². The number of urea groups is 1. The normalized spacial score (nSPS) is 19.2. The van der Waals surface area contributed by atoms with Crippen molar-refractivity contribution in [1.29, 1.82) is 0 Å². The fourth-order valence-corrected chi connectivity index (χ4v) is 3.27. The number of anilines is 1. The number of amides is 3. The van der Waals surface area contributed by atoms with Gasteiger partial charge in [0.2, 0.25) is 11.7 Å². The Morgan fingerprint density at radius 1 is 1.04 bits per heavy atom. The van der Waals surface area contributed by atoms with E-state index in [9.17, 15) is 9.59 Å². The van der Waals surface area contributed by atoms with Gasteiger partial charge in [-0.15, -0.1) is 0 Å². The number of carbonyl (C=O) groups excluding carboxylic acids is 2. The fourth-order valence-electron chi connectivity index (χ4n) is 3.27. The molecule has 2 N–H and O–H groups in total. The molecule has 0 radical (unpaired) electrons. The van der Waals surface area contributed by atoms with E-state index in [1.54, 1.807) is 17.0 Å². The third-order valence-corrected chi connectivity index (χ3v) is 4.92. The first-order chi connectivity index (χ1) is 13.0. The zero-order valence-corrected chi connectivity index (χ0v) is 16.0. The van der Waals surface area contributed by atoms with Crippen molar-refractivity contribution in [3.8, 4) is 17.2 Å². The van der Waals surface area contributed by atoms with Gasteiger partial charge in [-0.1, -0.05) is 0 Å². The van der Waals surface area contributed by atoms with Crippen molar-refractivity contribution in [3.63, 3.8) is 0 Å². The lowest BCUT2D eigenvalue weighted by Gasteiger charge is -2.32. The number of likely N-dealkylation sites (tertiary alicyclic amines) is 1. The molecular formula is C19H27N3O5. The zero-order valence-electron chi connectivity index (χ0n) is 16.0. The van der Waals surface area contributed by atoms with E-state index in [2.05, 4.69) is 10.6 Å². The van der Waals surface area contributed by atoms with Gasteiger partial charge in [0.25, 0.3) is 0 Å². The number of rotatable bonds is 6. The van der Waals surface area contributed by atoms with Crippen LogP contribution in [-0.2, 0) is 4.79 Å². The van der Waals surface area contributed by atoms with Gasteiger partial charge in [0.15, 0.2) is 11.5 Å². The minimum absolute atomic E-state index is 0.0669. The molecule has 3 rings (SSSR count). The van der Waals surface area contributed by atoms with Crippen molar-refractivity contribution in [3.05, 3.63) is 12.1 Å². The van der Waals surface area contributed by atoms with Crippen molar-refractivity contribution in [2.24, 2.45) is 5.92 Å². The number of hydrogen-bond donors (Lipinski definition) is 2. The number of methoxy groups -OCH3 is 3. The lowest BCUT2D eigenvalue weighted by atomic mass is 9.97. The molecule has 1 aliphatic heterocycles. The Labute approximate surface area is 159 Å². The summed E-state index contributed by atoms with van der Waals surface area (Å²) < 4.78 is 15.9.